The molecule has 0 radical (unpaired) electrons. The largest absolute Gasteiger partial charge is 0.365 e. The molecule has 3 N–H and O–H groups in total. The SMILES string of the molecule is Cc1csc(/C(C#N)=C/Nc2c(C(N)=O)sc3nc(C)cc(C)c23)n1. The number of hydrogen-bond acceptors (Lipinski definition) is 7. The third kappa shape index (κ3) is 3.24. The van der Waals surface area contributed by atoms with E-state index in [2.05, 4.69) is 21.4 Å². The van der Waals surface area contributed by atoms with Gasteiger partial charge in [-0.05, 0) is 32.4 Å². The van der Waals surface area contributed by atoms with Crippen LogP contribution in [0.1, 0.15) is 31.6 Å². The lowest BCUT2D eigenvalue weighted by Gasteiger charge is -2.05. The smallest absolute Gasteiger partial charge is 0.261 e. The van der Waals surface area contributed by atoms with Gasteiger partial charge in [0.1, 0.15) is 26.4 Å². The second kappa shape index (κ2) is 6.63. The van der Waals surface area contributed by atoms with Crippen LogP contribution in [0.15, 0.2) is 17.6 Å². The molecule has 1 amide bonds. The Morgan fingerprint density at radius 3 is 2.68 bits per heavy atom. The van der Waals surface area contributed by atoms with Crippen molar-refractivity contribution in [2.75, 3.05) is 5.32 Å². The van der Waals surface area contributed by atoms with Gasteiger partial charge in [-0.2, -0.15) is 5.26 Å². The highest BCUT2D eigenvalue weighted by molar-refractivity contribution is 7.21. The van der Waals surface area contributed by atoms with Gasteiger partial charge in [-0.3, -0.25) is 4.79 Å². The molecule has 0 aliphatic rings. The molecule has 0 atom stereocenters. The van der Waals surface area contributed by atoms with Gasteiger partial charge >= 0.3 is 0 Å². The molecule has 0 saturated heterocycles. The Labute approximate surface area is 152 Å². The van der Waals surface area contributed by atoms with Gasteiger partial charge in [0.2, 0.25) is 0 Å². The summed E-state index contributed by atoms with van der Waals surface area (Å²) >= 11 is 2.64. The number of amides is 1. The molecule has 6 nitrogen and oxygen atoms in total. The standard InChI is InChI=1S/C17H15N5OS2/c1-8-4-9(2)21-17-12(8)13(14(25-17)15(19)23)20-6-11(5-18)16-22-10(3)7-24-16/h4,6-7,20H,1-3H3,(H2,19,23)/b11-6+. The Bertz CT molecular complexity index is 1060. The molecule has 3 heterocycles. The Balaban J connectivity index is 2.11. The maximum Gasteiger partial charge on any atom is 0.261 e. The molecule has 0 fully saturated rings. The zero-order valence-corrected chi connectivity index (χ0v) is 15.5. The number of thiophene rings is 1. The van der Waals surface area contributed by atoms with Gasteiger partial charge < -0.3 is 11.1 Å². The lowest BCUT2D eigenvalue weighted by Crippen LogP contribution is -2.10. The second-order valence-electron chi connectivity index (χ2n) is 5.54. The number of nitrogens with one attached hydrogen (secondary N) is 1. The molecule has 0 saturated carbocycles. The number of allylic oxidation sites excluding steroid dienone is 1. The van der Waals surface area contributed by atoms with Gasteiger partial charge in [0, 0.05) is 28.4 Å². The van der Waals surface area contributed by atoms with Gasteiger partial charge in [0.25, 0.3) is 5.91 Å². The number of nitrogens with zero attached hydrogens (tertiary/aromatic N) is 3. The Kier molecular flexibility index (Phi) is 4.53. The van der Waals surface area contributed by atoms with E-state index in [1.165, 1.54) is 22.7 Å². The van der Waals surface area contributed by atoms with E-state index < -0.39 is 5.91 Å². The van der Waals surface area contributed by atoms with Gasteiger partial charge in [-0.25, -0.2) is 9.97 Å². The first-order valence-electron chi connectivity index (χ1n) is 7.40. The minimum atomic E-state index is -0.528. The third-order valence-electron chi connectivity index (χ3n) is 3.54. The van der Waals surface area contributed by atoms with E-state index in [1.54, 1.807) is 6.20 Å². The first kappa shape index (κ1) is 17.1. The van der Waals surface area contributed by atoms with Crippen LogP contribution in [0.4, 0.5) is 5.69 Å². The van der Waals surface area contributed by atoms with Gasteiger partial charge in [-0.1, -0.05) is 0 Å². The van der Waals surface area contributed by atoms with Crippen molar-refractivity contribution in [1.82, 2.24) is 9.97 Å². The summed E-state index contributed by atoms with van der Waals surface area (Å²) in [5.74, 6) is -0.528. The number of nitriles is 1. The summed E-state index contributed by atoms with van der Waals surface area (Å²) in [4.78, 5) is 21.8. The molecule has 0 bridgehead atoms. The molecule has 3 aromatic heterocycles. The predicted octanol–water partition coefficient (Wildman–Crippen LogP) is 3.75. The van der Waals surface area contributed by atoms with Crippen molar-refractivity contribution in [3.05, 3.63) is 44.5 Å². The summed E-state index contributed by atoms with van der Waals surface area (Å²) in [5, 5.41) is 15.8. The summed E-state index contributed by atoms with van der Waals surface area (Å²) < 4.78 is 0. The highest BCUT2D eigenvalue weighted by Gasteiger charge is 2.19. The van der Waals surface area contributed by atoms with Crippen LogP contribution in [-0.4, -0.2) is 15.9 Å². The minimum Gasteiger partial charge on any atom is -0.365 e. The maximum atomic E-state index is 11.8. The monoisotopic (exact) mass is 369 g/mol. The number of pyridine rings is 1. The summed E-state index contributed by atoms with van der Waals surface area (Å²) in [6.45, 7) is 5.73. The molecule has 0 aliphatic carbocycles. The Morgan fingerprint density at radius 2 is 2.08 bits per heavy atom. The number of carbonyl (C=O) groups excluding carboxylic acids is 1. The van der Waals surface area contributed by atoms with E-state index in [-0.39, 0.29) is 0 Å². The zero-order chi connectivity index (χ0) is 18.1. The minimum absolute atomic E-state index is 0.389. The number of rotatable bonds is 4. The first-order chi connectivity index (χ1) is 11.9. The molecule has 8 heteroatoms. The molecule has 25 heavy (non-hydrogen) atoms. The molecule has 0 unspecified atom stereocenters. The van der Waals surface area contributed by atoms with E-state index >= 15 is 0 Å². The predicted molar refractivity (Wildman–Crippen MR) is 102 cm³/mol. The topological polar surface area (TPSA) is 105 Å². The number of thiazole rings is 1. The summed E-state index contributed by atoms with van der Waals surface area (Å²) in [6.07, 6.45) is 1.56. The Hall–Kier alpha value is -2.76. The van der Waals surface area contributed by atoms with Crippen molar-refractivity contribution in [2.45, 2.75) is 20.8 Å². The van der Waals surface area contributed by atoms with Crippen molar-refractivity contribution < 1.29 is 4.79 Å². The number of carbonyl (C=O) groups is 1. The number of hydrogen-bond donors (Lipinski definition) is 2. The van der Waals surface area contributed by atoms with Gasteiger partial charge in [-0.15, -0.1) is 22.7 Å². The fourth-order valence-electron chi connectivity index (χ4n) is 2.52. The molecular formula is C17H15N5OS2. The van der Waals surface area contributed by atoms with Crippen molar-refractivity contribution in [3.8, 4) is 6.07 Å². The summed E-state index contributed by atoms with van der Waals surface area (Å²) in [5.41, 5.74) is 9.23. The van der Waals surface area contributed by atoms with Crippen molar-refractivity contribution in [1.29, 1.82) is 5.26 Å². The molecule has 0 spiro atoms. The van der Waals surface area contributed by atoms with Crippen LogP contribution in [0.25, 0.3) is 15.8 Å². The van der Waals surface area contributed by atoms with Crippen LogP contribution in [0.3, 0.4) is 0 Å². The van der Waals surface area contributed by atoms with Crippen LogP contribution in [0.2, 0.25) is 0 Å². The molecule has 0 aliphatic heterocycles. The number of anilines is 1. The highest BCUT2D eigenvalue weighted by atomic mass is 32.1. The summed E-state index contributed by atoms with van der Waals surface area (Å²) in [6, 6.07) is 4.08. The lowest BCUT2D eigenvalue weighted by molar-refractivity contribution is 0.100. The van der Waals surface area contributed by atoms with Gasteiger partial charge in [0.15, 0.2) is 0 Å². The molecular weight excluding hydrogens is 354 g/mol. The first-order valence-corrected chi connectivity index (χ1v) is 9.10. The second-order valence-corrected chi connectivity index (χ2v) is 7.40. The summed E-state index contributed by atoms with van der Waals surface area (Å²) in [7, 11) is 0. The third-order valence-corrected chi connectivity index (χ3v) is 5.63. The molecule has 126 valence electrons. The average Bonchev–Trinajstić information content (AvgIpc) is 3.12. The number of fused-ring (bicyclic) bond motifs is 1. The van der Waals surface area contributed by atoms with Crippen LogP contribution in [-0.2, 0) is 0 Å². The average molecular weight is 369 g/mol. The van der Waals surface area contributed by atoms with Crippen LogP contribution < -0.4 is 11.1 Å². The number of nitrogens with two attached hydrogens (primary N) is 1. The molecule has 3 rings (SSSR count). The number of primary amides is 1. The Morgan fingerprint density at radius 1 is 1.32 bits per heavy atom. The van der Waals surface area contributed by atoms with E-state index in [0.717, 1.165) is 27.2 Å². The molecule has 0 aromatic carbocycles. The van der Waals surface area contributed by atoms with Crippen molar-refractivity contribution >= 4 is 50.1 Å². The normalized spacial score (nSPS) is 11.5. The van der Waals surface area contributed by atoms with Crippen molar-refractivity contribution in [3.63, 3.8) is 0 Å². The van der Waals surface area contributed by atoms with Crippen LogP contribution in [0.5, 0.6) is 0 Å². The fourth-order valence-corrected chi connectivity index (χ4v) is 4.39. The number of aromatic nitrogens is 2. The number of aryl methyl sites for hydroxylation is 3. The van der Waals surface area contributed by atoms with Crippen molar-refractivity contribution in [2.24, 2.45) is 5.73 Å². The van der Waals surface area contributed by atoms with Crippen LogP contribution in [0, 0.1) is 32.1 Å². The fraction of sp³-hybridized carbons (Fsp3) is 0.176. The van der Waals surface area contributed by atoms with E-state index in [0.29, 0.717) is 21.1 Å². The van der Waals surface area contributed by atoms with Gasteiger partial charge in [0.05, 0.1) is 5.69 Å². The quantitative estimate of drug-likeness (QED) is 0.681. The van der Waals surface area contributed by atoms with Crippen LogP contribution >= 0.6 is 22.7 Å². The lowest BCUT2D eigenvalue weighted by atomic mass is 10.1. The molecule has 3 aromatic rings. The van der Waals surface area contributed by atoms with E-state index in [4.69, 9.17) is 5.73 Å². The van der Waals surface area contributed by atoms with E-state index in [1.807, 2.05) is 32.2 Å². The zero-order valence-electron chi connectivity index (χ0n) is 13.9. The highest BCUT2D eigenvalue weighted by Crippen LogP contribution is 2.37. The maximum absolute atomic E-state index is 11.8. The van der Waals surface area contributed by atoms with E-state index in [9.17, 15) is 10.1 Å².